The lowest BCUT2D eigenvalue weighted by Crippen LogP contribution is -1.78. The molecular formula is C11H16O2. The quantitative estimate of drug-likeness (QED) is 0.674. The van der Waals surface area contributed by atoms with E-state index in [0.29, 0.717) is 12.2 Å². The third kappa shape index (κ3) is 4.31. The van der Waals surface area contributed by atoms with Gasteiger partial charge < -0.3 is 9.90 Å². The molecule has 0 spiro atoms. The molecule has 1 aromatic rings. The second kappa shape index (κ2) is 6.23. The Morgan fingerprint density at radius 2 is 1.92 bits per heavy atom. The fourth-order valence-electron chi connectivity index (χ4n) is 0.736. The number of phenolic OH excluding ortho intramolecular Hbond substituents is 1. The van der Waals surface area contributed by atoms with Gasteiger partial charge in [-0.3, -0.25) is 0 Å². The Balaban J connectivity index is 0.000000310. The van der Waals surface area contributed by atoms with Gasteiger partial charge in [0.05, 0.1) is 0 Å². The Morgan fingerprint density at radius 1 is 1.38 bits per heavy atom. The maximum absolute atomic E-state index is 9.17. The van der Waals surface area contributed by atoms with Crippen molar-refractivity contribution in [1.29, 1.82) is 0 Å². The van der Waals surface area contributed by atoms with E-state index in [1.807, 2.05) is 32.9 Å². The molecular weight excluding hydrogens is 164 g/mol. The average molecular weight is 180 g/mol. The van der Waals surface area contributed by atoms with Crippen LogP contribution in [0, 0.1) is 13.8 Å². The van der Waals surface area contributed by atoms with Crippen LogP contribution in [0.15, 0.2) is 18.2 Å². The van der Waals surface area contributed by atoms with E-state index in [0.717, 1.165) is 17.4 Å². The van der Waals surface area contributed by atoms with Crippen LogP contribution >= 0.6 is 0 Å². The zero-order valence-corrected chi connectivity index (χ0v) is 8.37. The van der Waals surface area contributed by atoms with Crippen LogP contribution in [0.1, 0.15) is 24.5 Å². The zero-order chi connectivity index (χ0) is 10.3. The first kappa shape index (κ1) is 11.7. The standard InChI is InChI=1S/C8H10O.C3H6O/c1-6-4-3-5-8(9)7(6)2;1-2-3-4/h3-5,9H,1-2H3;3H,2H2,1H3. The predicted octanol–water partition coefficient (Wildman–Crippen LogP) is 2.60. The Morgan fingerprint density at radius 3 is 2.23 bits per heavy atom. The number of hydrogen-bond acceptors (Lipinski definition) is 2. The monoisotopic (exact) mass is 180 g/mol. The molecule has 0 aliphatic rings. The molecule has 0 aromatic heterocycles. The number of rotatable bonds is 1. The third-order valence-electron chi connectivity index (χ3n) is 1.74. The molecule has 0 saturated heterocycles. The lowest BCUT2D eigenvalue weighted by Gasteiger charge is -1.99. The number of benzene rings is 1. The summed E-state index contributed by atoms with van der Waals surface area (Å²) in [6.45, 7) is 5.70. The van der Waals surface area contributed by atoms with Crippen LogP contribution in [-0.2, 0) is 4.79 Å². The summed E-state index contributed by atoms with van der Waals surface area (Å²) in [6, 6.07) is 5.52. The van der Waals surface area contributed by atoms with E-state index in [2.05, 4.69) is 0 Å². The third-order valence-corrected chi connectivity index (χ3v) is 1.74. The second-order valence-electron chi connectivity index (χ2n) is 2.79. The Kier molecular flexibility index (Phi) is 5.60. The van der Waals surface area contributed by atoms with Crippen molar-refractivity contribution in [3.05, 3.63) is 29.3 Å². The number of phenols is 1. The molecule has 13 heavy (non-hydrogen) atoms. The van der Waals surface area contributed by atoms with E-state index in [1.165, 1.54) is 0 Å². The number of aryl methyl sites for hydroxylation is 1. The fourth-order valence-corrected chi connectivity index (χ4v) is 0.736. The van der Waals surface area contributed by atoms with Crippen molar-refractivity contribution in [2.45, 2.75) is 27.2 Å². The van der Waals surface area contributed by atoms with Crippen molar-refractivity contribution in [2.24, 2.45) is 0 Å². The molecule has 0 saturated carbocycles. The van der Waals surface area contributed by atoms with E-state index >= 15 is 0 Å². The zero-order valence-electron chi connectivity index (χ0n) is 8.37. The molecule has 0 aliphatic carbocycles. The first-order chi connectivity index (χ1) is 6.13. The van der Waals surface area contributed by atoms with Crippen molar-refractivity contribution in [2.75, 3.05) is 0 Å². The molecule has 1 aromatic carbocycles. The molecule has 0 fully saturated rings. The van der Waals surface area contributed by atoms with Crippen molar-refractivity contribution in [3.8, 4) is 5.75 Å². The topological polar surface area (TPSA) is 37.3 Å². The number of carbonyl (C=O) groups is 1. The SMILES string of the molecule is CCC=O.Cc1cccc(O)c1C. The summed E-state index contributed by atoms with van der Waals surface area (Å²) in [7, 11) is 0. The van der Waals surface area contributed by atoms with Gasteiger partial charge in [0.15, 0.2) is 0 Å². The van der Waals surface area contributed by atoms with Crippen LogP contribution < -0.4 is 0 Å². The highest BCUT2D eigenvalue weighted by Crippen LogP contribution is 2.17. The molecule has 0 unspecified atom stereocenters. The van der Waals surface area contributed by atoms with Gasteiger partial charge in [-0.2, -0.15) is 0 Å². The van der Waals surface area contributed by atoms with Gasteiger partial charge in [0.25, 0.3) is 0 Å². The smallest absolute Gasteiger partial charge is 0.119 e. The maximum atomic E-state index is 9.17. The molecule has 72 valence electrons. The number of carbonyl (C=O) groups excluding carboxylic acids is 1. The van der Waals surface area contributed by atoms with Gasteiger partial charge in [0, 0.05) is 6.42 Å². The Hall–Kier alpha value is -1.31. The lowest BCUT2D eigenvalue weighted by molar-refractivity contribution is -0.107. The van der Waals surface area contributed by atoms with Gasteiger partial charge in [-0.05, 0) is 31.0 Å². The first-order valence-corrected chi connectivity index (χ1v) is 4.32. The highest BCUT2D eigenvalue weighted by molar-refractivity contribution is 5.48. The minimum absolute atomic E-state index is 0.384. The van der Waals surface area contributed by atoms with E-state index in [9.17, 15) is 4.79 Å². The summed E-state index contributed by atoms with van der Waals surface area (Å²) in [5.74, 6) is 0.384. The Labute approximate surface area is 79.2 Å². The van der Waals surface area contributed by atoms with Crippen LogP contribution in [0.25, 0.3) is 0 Å². The van der Waals surface area contributed by atoms with Crippen LogP contribution in [-0.4, -0.2) is 11.4 Å². The fraction of sp³-hybridized carbons (Fsp3) is 0.364. The maximum Gasteiger partial charge on any atom is 0.119 e. The predicted molar refractivity (Wildman–Crippen MR) is 53.9 cm³/mol. The van der Waals surface area contributed by atoms with E-state index in [4.69, 9.17) is 5.11 Å². The van der Waals surface area contributed by atoms with Crippen molar-refractivity contribution < 1.29 is 9.90 Å². The normalized spacial score (nSPS) is 8.54. The highest BCUT2D eigenvalue weighted by Gasteiger charge is 1.94. The minimum atomic E-state index is 0.384. The van der Waals surface area contributed by atoms with Gasteiger partial charge in [-0.25, -0.2) is 0 Å². The second-order valence-corrected chi connectivity index (χ2v) is 2.79. The molecule has 2 heteroatoms. The molecule has 0 bridgehead atoms. The van der Waals surface area contributed by atoms with Crippen molar-refractivity contribution in [1.82, 2.24) is 0 Å². The average Bonchev–Trinajstić information content (AvgIpc) is 2.14. The summed E-state index contributed by atoms with van der Waals surface area (Å²) >= 11 is 0. The van der Waals surface area contributed by atoms with Crippen LogP contribution in [0.5, 0.6) is 5.75 Å². The molecule has 0 atom stereocenters. The largest absolute Gasteiger partial charge is 0.508 e. The summed E-state index contributed by atoms with van der Waals surface area (Å²) in [6.07, 6.45) is 1.51. The van der Waals surface area contributed by atoms with Gasteiger partial charge in [-0.1, -0.05) is 19.1 Å². The number of hydrogen-bond donors (Lipinski definition) is 1. The van der Waals surface area contributed by atoms with Gasteiger partial charge in [0.1, 0.15) is 12.0 Å². The van der Waals surface area contributed by atoms with E-state index in [-0.39, 0.29) is 0 Å². The van der Waals surface area contributed by atoms with Gasteiger partial charge in [-0.15, -0.1) is 0 Å². The van der Waals surface area contributed by atoms with Crippen LogP contribution in [0.3, 0.4) is 0 Å². The van der Waals surface area contributed by atoms with Crippen LogP contribution in [0.4, 0.5) is 0 Å². The van der Waals surface area contributed by atoms with E-state index in [1.54, 1.807) is 6.07 Å². The lowest BCUT2D eigenvalue weighted by atomic mass is 10.1. The Bertz CT molecular complexity index is 247. The molecule has 2 nitrogen and oxygen atoms in total. The summed E-state index contributed by atoms with van der Waals surface area (Å²) in [5, 5.41) is 9.10. The molecule has 0 aliphatic heterocycles. The molecule has 1 rings (SSSR count). The molecule has 0 amide bonds. The first-order valence-electron chi connectivity index (χ1n) is 4.32. The summed E-state index contributed by atoms with van der Waals surface area (Å²) < 4.78 is 0. The number of aldehydes is 1. The number of aromatic hydroxyl groups is 1. The van der Waals surface area contributed by atoms with E-state index < -0.39 is 0 Å². The molecule has 0 heterocycles. The van der Waals surface area contributed by atoms with Crippen molar-refractivity contribution >= 4 is 6.29 Å². The van der Waals surface area contributed by atoms with Crippen LogP contribution in [0.2, 0.25) is 0 Å². The van der Waals surface area contributed by atoms with Crippen molar-refractivity contribution in [3.63, 3.8) is 0 Å². The molecule has 1 N–H and O–H groups in total. The summed E-state index contributed by atoms with van der Waals surface area (Å²) in [5.41, 5.74) is 2.10. The minimum Gasteiger partial charge on any atom is -0.508 e. The van der Waals surface area contributed by atoms with Gasteiger partial charge in [0.2, 0.25) is 0 Å². The molecule has 0 radical (unpaired) electrons. The summed E-state index contributed by atoms with van der Waals surface area (Å²) in [4.78, 5) is 9.17. The highest BCUT2D eigenvalue weighted by atomic mass is 16.3. The van der Waals surface area contributed by atoms with Gasteiger partial charge >= 0.3 is 0 Å².